The Labute approximate surface area is 325 Å². The molecule has 262 valence electrons. The Hall–Kier alpha value is -7.42. The summed E-state index contributed by atoms with van der Waals surface area (Å²) in [6, 6.07) is 76.6. The molecule has 1 aromatic heterocycles. The highest BCUT2D eigenvalue weighted by Gasteiger charge is 2.20. The van der Waals surface area contributed by atoms with E-state index in [1.807, 2.05) is 12.1 Å². The van der Waals surface area contributed by atoms with Crippen molar-refractivity contribution in [3.05, 3.63) is 212 Å². The average molecular weight is 714 g/mol. The van der Waals surface area contributed by atoms with Crippen LogP contribution in [0.1, 0.15) is 0 Å². The summed E-state index contributed by atoms with van der Waals surface area (Å²) in [6.07, 6.45) is 0. The normalized spacial score (nSPS) is 11.6. The van der Waals surface area contributed by atoms with Gasteiger partial charge in [-0.25, -0.2) is 0 Å². The summed E-state index contributed by atoms with van der Waals surface area (Å²) >= 11 is 0. The maximum absolute atomic E-state index is 6.31. The molecule has 0 aliphatic carbocycles. The van der Waals surface area contributed by atoms with Gasteiger partial charge < -0.3 is 9.32 Å². The molecule has 0 radical (unpaired) electrons. The number of anilines is 3. The van der Waals surface area contributed by atoms with Crippen molar-refractivity contribution in [2.45, 2.75) is 0 Å². The van der Waals surface area contributed by atoms with Crippen LogP contribution in [-0.2, 0) is 0 Å². The van der Waals surface area contributed by atoms with Gasteiger partial charge in [0.1, 0.15) is 11.2 Å². The zero-order chi connectivity index (χ0) is 37.0. The Kier molecular flexibility index (Phi) is 7.53. The van der Waals surface area contributed by atoms with Crippen LogP contribution in [0.25, 0.3) is 87.6 Å². The van der Waals surface area contributed by atoms with E-state index < -0.39 is 0 Å². The fourth-order valence-corrected chi connectivity index (χ4v) is 8.62. The zero-order valence-electron chi connectivity index (χ0n) is 30.6. The van der Waals surface area contributed by atoms with Gasteiger partial charge in [0, 0.05) is 27.7 Å². The number of para-hydroxylation sites is 2. The van der Waals surface area contributed by atoms with Crippen LogP contribution in [0.5, 0.6) is 0 Å². The van der Waals surface area contributed by atoms with E-state index in [1.165, 1.54) is 49.0 Å². The fraction of sp³-hybridized carbons (Fsp3) is 0. The van der Waals surface area contributed by atoms with E-state index in [-0.39, 0.29) is 0 Å². The van der Waals surface area contributed by atoms with Crippen molar-refractivity contribution >= 4 is 71.3 Å². The maximum Gasteiger partial charge on any atom is 0.136 e. The van der Waals surface area contributed by atoms with Gasteiger partial charge in [0.05, 0.1) is 5.69 Å². The molecule has 0 bridgehead atoms. The number of hydrogen-bond donors (Lipinski definition) is 0. The Morgan fingerprint density at radius 1 is 0.304 bits per heavy atom. The number of benzene rings is 10. The minimum Gasteiger partial charge on any atom is -0.456 e. The largest absolute Gasteiger partial charge is 0.456 e. The molecule has 0 unspecified atom stereocenters. The predicted octanol–water partition coefficient (Wildman–Crippen LogP) is 15.5. The standard InChI is InChI=1S/C54H35NO/c1-3-17-44-36(12-1)14-10-21-46(44)38-28-31-42(32-29-38)55(43-16-9-15-39(35-43)49-22-11-25-53-54(49)50-20-6-8-24-52(50)56-53)51-23-7-5-19-48(51)41-30-33-47-40(34-41)27-26-37-13-2-4-18-45(37)47/h1-35H. The number of fused-ring (bicyclic) bond motifs is 7. The summed E-state index contributed by atoms with van der Waals surface area (Å²) in [4.78, 5) is 2.41. The molecule has 56 heavy (non-hydrogen) atoms. The van der Waals surface area contributed by atoms with Crippen molar-refractivity contribution in [3.8, 4) is 33.4 Å². The zero-order valence-corrected chi connectivity index (χ0v) is 30.6. The summed E-state index contributed by atoms with van der Waals surface area (Å²) in [5.74, 6) is 0. The third-order valence-corrected chi connectivity index (χ3v) is 11.2. The monoisotopic (exact) mass is 713 g/mol. The Morgan fingerprint density at radius 3 is 1.79 bits per heavy atom. The first-order valence-electron chi connectivity index (χ1n) is 19.2. The van der Waals surface area contributed by atoms with Crippen molar-refractivity contribution < 1.29 is 4.42 Å². The molecular weight excluding hydrogens is 679 g/mol. The van der Waals surface area contributed by atoms with E-state index in [1.54, 1.807) is 0 Å². The van der Waals surface area contributed by atoms with Crippen LogP contribution in [0, 0.1) is 0 Å². The van der Waals surface area contributed by atoms with Gasteiger partial charge in [0.2, 0.25) is 0 Å². The van der Waals surface area contributed by atoms with Gasteiger partial charge in [0.25, 0.3) is 0 Å². The van der Waals surface area contributed by atoms with E-state index in [9.17, 15) is 0 Å². The lowest BCUT2D eigenvalue weighted by molar-refractivity contribution is 0.669. The fourth-order valence-electron chi connectivity index (χ4n) is 8.62. The van der Waals surface area contributed by atoms with Crippen LogP contribution < -0.4 is 4.90 Å². The SMILES string of the molecule is c1cc(-c2cccc3oc4ccccc4c23)cc(N(c2ccc(-c3cccc4ccccc34)cc2)c2ccccc2-c2ccc3c(ccc4ccccc43)c2)c1. The van der Waals surface area contributed by atoms with E-state index >= 15 is 0 Å². The first-order chi connectivity index (χ1) is 27.8. The van der Waals surface area contributed by atoms with Gasteiger partial charge in [-0.1, -0.05) is 164 Å². The minimum absolute atomic E-state index is 0.893. The molecule has 1 heterocycles. The Morgan fingerprint density at radius 2 is 0.893 bits per heavy atom. The molecule has 0 aliphatic heterocycles. The number of nitrogens with zero attached hydrogens (tertiary/aromatic N) is 1. The quantitative estimate of drug-likeness (QED) is 0.160. The van der Waals surface area contributed by atoms with Crippen LogP contribution in [0.3, 0.4) is 0 Å². The first kappa shape index (κ1) is 32.0. The van der Waals surface area contributed by atoms with Crippen LogP contribution in [0.15, 0.2) is 217 Å². The number of hydrogen-bond acceptors (Lipinski definition) is 2. The second-order valence-electron chi connectivity index (χ2n) is 14.5. The molecule has 0 atom stereocenters. The minimum atomic E-state index is 0.893. The summed E-state index contributed by atoms with van der Waals surface area (Å²) in [6.45, 7) is 0. The Bertz CT molecular complexity index is 3260. The van der Waals surface area contributed by atoms with Gasteiger partial charge in [0.15, 0.2) is 0 Å². The van der Waals surface area contributed by atoms with E-state index in [0.717, 1.165) is 55.7 Å². The molecular formula is C54H35NO. The van der Waals surface area contributed by atoms with Gasteiger partial charge in [-0.3, -0.25) is 0 Å². The molecule has 0 saturated carbocycles. The predicted molar refractivity (Wildman–Crippen MR) is 237 cm³/mol. The molecule has 11 aromatic rings. The van der Waals surface area contributed by atoms with Crippen molar-refractivity contribution in [1.29, 1.82) is 0 Å². The molecule has 0 amide bonds. The molecule has 2 heteroatoms. The van der Waals surface area contributed by atoms with Crippen molar-refractivity contribution in [3.63, 3.8) is 0 Å². The lowest BCUT2D eigenvalue weighted by Gasteiger charge is -2.28. The molecule has 0 saturated heterocycles. The molecule has 11 rings (SSSR count). The second kappa shape index (κ2) is 13.2. The van der Waals surface area contributed by atoms with Crippen molar-refractivity contribution in [1.82, 2.24) is 0 Å². The van der Waals surface area contributed by atoms with E-state index in [4.69, 9.17) is 4.42 Å². The second-order valence-corrected chi connectivity index (χ2v) is 14.5. The lowest BCUT2D eigenvalue weighted by Crippen LogP contribution is -2.11. The highest BCUT2D eigenvalue weighted by atomic mass is 16.3. The highest BCUT2D eigenvalue weighted by molar-refractivity contribution is 6.13. The average Bonchev–Trinajstić information content (AvgIpc) is 3.66. The van der Waals surface area contributed by atoms with Crippen LogP contribution >= 0.6 is 0 Å². The molecule has 10 aromatic carbocycles. The van der Waals surface area contributed by atoms with Gasteiger partial charge in [-0.05, 0) is 109 Å². The van der Waals surface area contributed by atoms with E-state index in [0.29, 0.717) is 0 Å². The van der Waals surface area contributed by atoms with Gasteiger partial charge in [-0.15, -0.1) is 0 Å². The summed E-state index contributed by atoms with van der Waals surface area (Å²) in [5.41, 5.74) is 12.1. The summed E-state index contributed by atoms with van der Waals surface area (Å²) < 4.78 is 6.31. The third-order valence-electron chi connectivity index (χ3n) is 11.2. The highest BCUT2D eigenvalue weighted by Crippen LogP contribution is 2.44. The Balaban J connectivity index is 1.09. The summed E-state index contributed by atoms with van der Waals surface area (Å²) in [5, 5.41) is 9.77. The van der Waals surface area contributed by atoms with Crippen LogP contribution in [-0.4, -0.2) is 0 Å². The topological polar surface area (TPSA) is 16.4 Å². The first-order valence-corrected chi connectivity index (χ1v) is 19.2. The summed E-state index contributed by atoms with van der Waals surface area (Å²) in [7, 11) is 0. The van der Waals surface area contributed by atoms with Gasteiger partial charge in [-0.2, -0.15) is 0 Å². The molecule has 0 spiro atoms. The third kappa shape index (κ3) is 5.34. The van der Waals surface area contributed by atoms with Gasteiger partial charge >= 0.3 is 0 Å². The number of rotatable bonds is 6. The molecule has 0 aliphatic rings. The lowest BCUT2D eigenvalue weighted by atomic mass is 9.95. The van der Waals surface area contributed by atoms with Crippen LogP contribution in [0.2, 0.25) is 0 Å². The van der Waals surface area contributed by atoms with Crippen LogP contribution in [0.4, 0.5) is 17.1 Å². The molecule has 0 fully saturated rings. The number of furan rings is 1. The van der Waals surface area contributed by atoms with Crippen molar-refractivity contribution in [2.75, 3.05) is 4.90 Å². The van der Waals surface area contributed by atoms with Crippen molar-refractivity contribution in [2.24, 2.45) is 0 Å². The van der Waals surface area contributed by atoms with E-state index in [2.05, 4.69) is 205 Å². The smallest absolute Gasteiger partial charge is 0.136 e. The molecule has 0 N–H and O–H groups in total. The maximum atomic E-state index is 6.31. The molecule has 2 nitrogen and oxygen atoms in total.